The van der Waals surface area contributed by atoms with Gasteiger partial charge in [-0.25, -0.2) is 4.79 Å². The number of fused-ring (bicyclic) bond motifs is 1. The predicted octanol–water partition coefficient (Wildman–Crippen LogP) is 1.93. The van der Waals surface area contributed by atoms with E-state index in [0.29, 0.717) is 28.8 Å². The van der Waals surface area contributed by atoms with Crippen LogP contribution in [0.25, 0.3) is 0 Å². The third-order valence-electron chi connectivity index (χ3n) is 4.04. The lowest BCUT2D eigenvalue weighted by molar-refractivity contribution is -0.124. The zero-order valence-electron chi connectivity index (χ0n) is 15.4. The molecule has 1 heterocycles. The van der Waals surface area contributed by atoms with E-state index in [0.717, 1.165) is 0 Å². The molecule has 0 radical (unpaired) electrons. The Hall–Kier alpha value is -2.87. The molecule has 2 atom stereocenters. The van der Waals surface area contributed by atoms with Crippen LogP contribution in [0.2, 0.25) is 0 Å². The number of carbonyl (C=O) groups is 2. The van der Waals surface area contributed by atoms with E-state index in [4.69, 9.17) is 14.2 Å². The van der Waals surface area contributed by atoms with Crippen molar-refractivity contribution in [2.24, 2.45) is 0 Å². The molecule has 0 saturated carbocycles. The number of amides is 1. The molecular formula is C20H21NO6S. The van der Waals surface area contributed by atoms with E-state index in [1.165, 1.54) is 6.07 Å². The minimum atomic E-state index is -1.29. The van der Waals surface area contributed by atoms with Crippen molar-refractivity contribution in [3.05, 3.63) is 54.1 Å². The molecule has 0 aliphatic carbocycles. The standard InChI is InChI=1S/C20H21NO6S/c1-2-28(24)18-10-6-3-7-15(18)20(23)26-13-19(22)21-11-14-12-25-16-8-4-5-9-17(16)27-14/h3-10,14H,2,11-13H2,1H3,(H,21,22). The van der Waals surface area contributed by atoms with Crippen LogP contribution in [0.5, 0.6) is 11.5 Å². The monoisotopic (exact) mass is 403 g/mol. The second-order valence-corrected chi connectivity index (χ2v) is 7.72. The van der Waals surface area contributed by atoms with Crippen LogP contribution in [0, 0.1) is 0 Å². The van der Waals surface area contributed by atoms with Gasteiger partial charge in [-0.1, -0.05) is 31.2 Å². The van der Waals surface area contributed by atoms with Gasteiger partial charge in [0.25, 0.3) is 5.91 Å². The minimum absolute atomic E-state index is 0.205. The molecule has 0 bridgehead atoms. The lowest BCUT2D eigenvalue weighted by Gasteiger charge is -2.26. The van der Waals surface area contributed by atoms with Crippen molar-refractivity contribution in [1.82, 2.24) is 5.32 Å². The van der Waals surface area contributed by atoms with Crippen molar-refractivity contribution in [3.63, 3.8) is 0 Å². The summed E-state index contributed by atoms with van der Waals surface area (Å²) in [5, 5.41) is 2.66. The van der Waals surface area contributed by atoms with Crippen LogP contribution in [-0.2, 0) is 20.3 Å². The van der Waals surface area contributed by atoms with E-state index in [9.17, 15) is 13.8 Å². The fourth-order valence-electron chi connectivity index (χ4n) is 2.64. The Kier molecular flexibility index (Phi) is 6.65. The molecule has 8 heteroatoms. The molecule has 3 rings (SSSR count). The van der Waals surface area contributed by atoms with Gasteiger partial charge in [-0.05, 0) is 24.3 Å². The van der Waals surface area contributed by atoms with Gasteiger partial charge < -0.3 is 19.5 Å². The number of nitrogens with one attached hydrogen (secondary N) is 1. The molecule has 0 spiro atoms. The van der Waals surface area contributed by atoms with E-state index >= 15 is 0 Å². The first-order chi connectivity index (χ1) is 13.6. The van der Waals surface area contributed by atoms with E-state index in [1.807, 2.05) is 18.2 Å². The Morgan fingerprint density at radius 1 is 1.14 bits per heavy atom. The summed E-state index contributed by atoms with van der Waals surface area (Å²) in [6.07, 6.45) is -0.331. The van der Waals surface area contributed by atoms with Gasteiger partial charge in [0, 0.05) is 5.75 Å². The molecule has 2 unspecified atom stereocenters. The highest BCUT2D eigenvalue weighted by Crippen LogP contribution is 2.30. The molecule has 28 heavy (non-hydrogen) atoms. The Morgan fingerprint density at radius 3 is 2.64 bits per heavy atom. The van der Waals surface area contributed by atoms with Crippen molar-refractivity contribution in [2.45, 2.75) is 17.9 Å². The summed E-state index contributed by atoms with van der Waals surface area (Å²) in [6, 6.07) is 13.8. The molecule has 1 aliphatic heterocycles. The maximum Gasteiger partial charge on any atom is 0.339 e. The maximum absolute atomic E-state index is 12.3. The molecule has 148 valence electrons. The topological polar surface area (TPSA) is 90.9 Å². The van der Waals surface area contributed by atoms with Gasteiger partial charge in [-0.15, -0.1) is 0 Å². The predicted molar refractivity (Wildman–Crippen MR) is 103 cm³/mol. The zero-order chi connectivity index (χ0) is 19.9. The van der Waals surface area contributed by atoms with Crippen molar-refractivity contribution in [2.75, 3.05) is 25.5 Å². The maximum atomic E-state index is 12.3. The first-order valence-corrected chi connectivity index (χ1v) is 10.2. The fourth-order valence-corrected chi connectivity index (χ4v) is 3.58. The summed E-state index contributed by atoms with van der Waals surface area (Å²) in [5.74, 6) is 0.544. The number of hydrogen-bond donors (Lipinski definition) is 1. The first-order valence-electron chi connectivity index (χ1n) is 8.88. The SMILES string of the molecule is CCS(=O)c1ccccc1C(=O)OCC(=O)NCC1COc2ccccc2O1. The molecule has 1 aliphatic rings. The number of hydrogen-bond acceptors (Lipinski definition) is 6. The normalized spacial score (nSPS) is 16.1. The number of rotatable bonds is 7. The highest BCUT2D eigenvalue weighted by molar-refractivity contribution is 7.85. The van der Waals surface area contributed by atoms with Crippen LogP contribution < -0.4 is 14.8 Å². The smallest absolute Gasteiger partial charge is 0.339 e. The lowest BCUT2D eigenvalue weighted by Crippen LogP contribution is -2.42. The van der Waals surface area contributed by atoms with E-state index < -0.39 is 29.3 Å². The number of ether oxygens (including phenoxy) is 3. The zero-order valence-corrected chi connectivity index (χ0v) is 16.2. The summed E-state index contributed by atoms with van der Waals surface area (Å²) in [6.45, 7) is 1.87. The quantitative estimate of drug-likeness (QED) is 0.711. The molecule has 0 saturated heterocycles. The average molecular weight is 403 g/mol. The third-order valence-corrected chi connectivity index (χ3v) is 5.41. The molecule has 7 nitrogen and oxygen atoms in total. The summed E-state index contributed by atoms with van der Waals surface area (Å²) in [5.41, 5.74) is 0.205. The Bertz CT molecular complexity index is 885. The Balaban J connectivity index is 1.48. The Labute approximate surface area is 165 Å². The number of carbonyl (C=O) groups excluding carboxylic acids is 2. The van der Waals surface area contributed by atoms with Gasteiger partial charge in [-0.2, -0.15) is 0 Å². The highest BCUT2D eigenvalue weighted by Gasteiger charge is 2.22. The van der Waals surface area contributed by atoms with Gasteiger partial charge in [0.1, 0.15) is 12.7 Å². The summed E-state index contributed by atoms with van der Waals surface area (Å²) >= 11 is 0. The molecular weight excluding hydrogens is 382 g/mol. The van der Waals surface area contributed by atoms with Crippen molar-refractivity contribution < 1.29 is 28.0 Å². The molecule has 2 aromatic carbocycles. The molecule has 2 aromatic rings. The fraction of sp³-hybridized carbons (Fsp3) is 0.300. The molecule has 0 fully saturated rings. The largest absolute Gasteiger partial charge is 0.486 e. The van der Waals surface area contributed by atoms with Crippen LogP contribution in [-0.4, -0.2) is 47.7 Å². The minimum Gasteiger partial charge on any atom is -0.486 e. The van der Waals surface area contributed by atoms with Crippen LogP contribution in [0.4, 0.5) is 0 Å². The average Bonchev–Trinajstić information content (AvgIpc) is 2.75. The lowest BCUT2D eigenvalue weighted by atomic mass is 10.2. The van der Waals surface area contributed by atoms with Crippen LogP contribution >= 0.6 is 0 Å². The Morgan fingerprint density at radius 2 is 1.86 bits per heavy atom. The van der Waals surface area contributed by atoms with Gasteiger partial charge in [0.15, 0.2) is 18.1 Å². The van der Waals surface area contributed by atoms with Crippen molar-refractivity contribution in [3.8, 4) is 11.5 Å². The van der Waals surface area contributed by atoms with Gasteiger partial charge in [0.05, 0.1) is 27.8 Å². The van der Waals surface area contributed by atoms with Crippen LogP contribution in [0.3, 0.4) is 0 Å². The molecule has 0 aromatic heterocycles. The van der Waals surface area contributed by atoms with Gasteiger partial charge in [-0.3, -0.25) is 9.00 Å². The molecule has 1 amide bonds. The van der Waals surface area contributed by atoms with Gasteiger partial charge >= 0.3 is 5.97 Å². The number of para-hydroxylation sites is 2. The van der Waals surface area contributed by atoms with E-state index in [2.05, 4.69) is 5.32 Å². The number of esters is 1. The van der Waals surface area contributed by atoms with E-state index in [-0.39, 0.29) is 18.2 Å². The first kappa shape index (κ1) is 19.9. The summed E-state index contributed by atoms with van der Waals surface area (Å²) < 4.78 is 28.4. The van der Waals surface area contributed by atoms with Crippen LogP contribution in [0.15, 0.2) is 53.4 Å². The van der Waals surface area contributed by atoms with Crippen molar-refractivity contribution >= 4 is 22.7 Å². The number of benzene rings is 2. The second kappa shape index (κ2) is 9.36. The van der Waals surface area contributed by atoms with Crippen molar-refractivity contribution in [1.29, 1.82) is 0 Å². The second-order valence-electron chi connectivity index (χ2n) is 6.01. The van der Waals surface area contributed by atoms with Crippen LogP contribution in [0.1, 0.15) is 17.3 Å². The van der Waals surface area contributed by atoms with Gasteiger partial charge in [0.2, 0.25) is 0 Å². The molecule has 1 N–H and O–H groups in total. The van der Waals surface area contributed by atoms with E-state index in [1.54, 1.807) is 31.2 Å². The third kappa shape index (κ3) is 4.89. The highest BCUT2D eigenvalue weighted by atomic mass is 32.2. The summed E-state index contributed by atoms with van der Waals surface area (Å²) in [7, 11) is -1.29. The summed E-state index contributed by atoms with van der Waals surface area (Å²) in [4.78, 5) is 24.7.